The average molecular weight is 266 g/mol. The molecule has 2 heteroatoms. The number of hydrogen-bond donors (Lipinski definition) is 1. The van der Waals surface area contributed by atoms with Gasteiger partial charge < -0.3 is 10.2 Å². The highest BCUT2D eigenvalue weighted by Gasteiger charge is 2.31. The second-order valence-electron chi connectivity index (χ2n) is 6.99. The third-order valence-electron chi connectivity index (χ3n) is 5.50. The summed E-state index contributed by atoms with van der Waals surface area (Å²) in [5.41, 5.74) is 0. The van der Waals surface area contributed by atoms with Gasteiger partial charge in [-0.2, -0.15) is 0 Å². The van der Waals surface area contributed by atoms with Crippen LogP contribution in [0.2, 0.25) is 0 Å². The molecule has 0 amide bonds. The minimum absolute atomic E-state index is 0.784. The molecule has 0 aromatic heterocycles. The monoisotopic (exact) mass is 266 g/mol. The van der Waals surface area contributed by atoms with Crippen molar-refractivity contribution in [3.8, 4) is 0 Å². The Kier molecular flexibility index (Phi) is 6.15. The van der Waals surface area contributed by atoms with Crippen molar-refractivity contribution < 1.29 is 0 Å². The molecule has 2 fully saturated rings. The van der Waals surface area contributed by atoms with Crippen molar-refractivity contribution in [1.29, 1.82) is 0 Å². The maximum Gasteiger partial charge on any atom is 0.0108 e. The van der Waals surface area contributed by atoms with E-state index in [1.807, 2.05) is 0 Å². The molecule has 3 atom stereocenters. The Hall–Kier alpha value is -0.0800. The summed E-state index contributed by atoms with van der Waals surface area (Å²) in [4.78, 5) is 2.74. The van der Waals surface area contributed by atoms with Gasteiger partial charge in [0.05, 0.1) is 0 Å². The summed E-state index contributed by atoms with van der Waals surface area (Å²) in [5, 5.41) is 3.75. The molecule has 1 saturated heterocycles. The van der Waals surface area contributed by atoms with E-state index >= 15 is 0 Å². The number of rotatable bonds is 5. The zero-order valence-electron chi connectivity index (χ0n) is 13.3. The van der Waals surface area contributed by atoms with E-state index in [1.165, 1.54) is 58.2 Å². The largest absolute Gasteiger partial charge is 0.314 e. The predicted molar refractivity (Wildman–Crippen MR) is 83.4 cm³/mol. The molecule has 112 valence electrons. The number of hydrogen-bond acceptors (Lipinski definition) is 2. The van der Waals surface area contributed by atoms with Crippen LogP contribution >= 0.6 is 0 Å². The molecule has 0 aromatic rings. The Morgan fingerprint density at radius 3 is 2.42 bits per heavy atom. The first-order valence-corrected chi connectivity index (χ1v) is 8.68. The molecule has 2 nitrogen and oxygen atoms in total. The lowest BCUT2D eigenvalue weighted by Gasteiger charge is -2.40. The van der Waals surface area contributed by atoms with Crippen LogP contribution in [-0.4, -0.2) is 37.1 Å². The van der Waals surface area contributed by atoms with E-state index < -0.39 is 0 Å². The summed E-state index contributed by atoms with van der Waals surface area (Å²) in [7, 11) is 0. The van der Waals surface area contributed by atoms with E-state index in [4.69, 9.17) is 0 Å². The lowest BCUT2D eigenvalue weighted by Crippen LogP contribution is -2.47. The van der Waals surface area contributed by atoms with E-state index in [2.05, 4.69) is 31.0 Å². The third-order valence-corrected chi connectivity index (χ3v) is 5.50. The maximum atomic E-state index is 3.75. The van der Waals surface area contributed by atoms with Crippen LogP contribution in [0.4, 0.5) is 0 Å². The van der Waals surface area contributed by atoms with Crippen LogP contribution in [0.3, 0.4) is 0 Å². The molecule has 1 N–H and O–H groups in total. The van der Waals surface area contributed by atoms with Crippen LogP contribution in [-0.2, 0) is 0 Å². The van der Waals surface area contributed by atoms with Crippen LogP contribution < -0.4 is 5.32 Å². The van der Waals surface area contributed by atoms with Crippen molar-refractivity contribution in [3.05, 3.63) is 0 Å². The highest BCUT2D eigenvalue weighted by molar-refractivity contribution is 4.87. The minimum Gasteiger partial charge on any atom is -0.314 e. The van der Waals surface area contributed by atoms with Gasteiger partial charge in [-0.15, -0.1) is 0 Å². The topological polar surface area (TPSA) is 15.3 Å². The van der Waals surface area contributed by atoms with Gasteiger partial charge in [0.2, 0.25) is 0 Å². The zero-order valence-corrected chi connectivity index (χ0v) is 13.3. The average Bonchev–Trinajstić information content (AvgIpc) is 2.43. The van der Waals surface area contributed by atoms with Crippen molar-refractivity contribution in [1.82, 2.24) is 10.2 Å². The van der Waals surface area contributed by atoms with Gasteiger partial charge in [-0.3, -0.25) is 0 Å². The van der Waals surface area contributed by atoms with Crippen LogP contribution in [0.1, 0.15) is 59.3 Å². The van der Waals surface area contributed by atoms with Crippen LogP contribution in [0.25, 0.3) is 0 Å². The van der Waals surface area contributed by atoms with E-state index in [0.717, 1.165) is 30.3 Å². The van der Waals surface area contributed by atoms with Gasteiger partial charge in [0.1, 0.15) is 0 Å². The maximum absolute atomic E-state index is 3.75. The number of likely N-dealkylation sites (tertiary alicyclic amines) is 1. The number of piperidine rings is 1. The highest BCUT2D eigenvalue weighted by atomic mass is 15.1. The molecule has 2 aliphatic rings. The fraction of sp³-hybridized carbons (Fsp3) is 1.00. The standard InChI is InChI=1S/C17H34N2/c1-4-15-6-7-17(18-5-2)16(12-15)13-19-10-8-14(3)9-11-19/h14-18H,4-13H2,1-3H3. The summed E-state index contributed by atoms with van der Waals surface area (Å²) in [6, 6.07) is 0.784. The molecule has 0 radical (unpaired) electrons. The van der Waals surface area contributed by atoms with Gasteiger partial charge in [-0.25, -0.2) is 0 Å². The molecule has 1 aliphatic heterocycles. The Labute approximate surface area is 120 Å². The normalized spacial score (nSPS) is 34.6. The highest BCUT2D eigenvalue weighted by Crippen LogP contribution is 2.32. The molecular weight excluding hydrogens is 232 g/mol. The summed E-state index contributed by atoms with van der Waals surface area (Å²) in [5.74, 6) is 2.84. The Balaban J connectivity index is 1.85. The van der Waals surface area contributed by atoms with Crippen molar-refractivity contribution in [3.63, 3.8) is 0 Å². The van der Waals surface area contributed by atoms with Gasteiger partial charge in [0, 0.05) is 12.6 Å². The molecule has 3 unspecified atom stereocenters. The lowest BCUT2D eigenvalue weighted by molar-refractivity contribution is 0.113. The molecule has 1 saturated carbocycles. The third kappa shape index (κ3) is 4.46. The van der Waals surface area contributed by atoms with E-state index in [-0.39, 0.29) is 0 Å². The minimum atomic E-state index is 0.784. The Bertz CT molecular complexity index is 246. The fourth-order valence-electron chi connectivity index (χ4n) is 4.04. The van der Waals surface area contributed by atoms with Crippen molar-refractivity contribution in [2.24, 2.45) is 17.8 Å². The molecule has 19 heavy (non-hydrogen) atoms. The molecule has 0 spiro atoms. The van der Waals surface area contributed by atoms with E-state index in [1.54, 1.807) is 0 Å². The first-order chi connectivity index (χ1) is 9.22. The molecular formula is C17H34N2. The molecule has 2 rings (SSSR count). The van der Waals surface area contributed by atoms with E-state index in [0.29, 0.717) is 0 Å². The summed E-state index contributed by atoms with van der Waals surface area (Å²) >= 11 is 0. The van der Waals surface area contributed by atoms with Crippen LogP contribution in [0, 0.1) is 17.8 Å². The quantitative estimate of drug-likeness (QED) is 0.819. The van der Waals surface area contributed by atoms with Crippen molar-refractivity contribution in [2.45, 2.75) is 65.3 Å². The molecule has 0 bridgehead atoms. The van der Waals surface area contributed by atoms with Gasteiger partial charge in [-0.1, -0.05) is 27.2 Å². The van der Waals surface area contributed by atoms with Crippen molar-refractivity contribution >= 4 is 0 Å². The van der Waals surface area contributed by atoms with Gasteiger partial charge >= 0.3 is 0 Å². The summed E-state index contributed by atoms with van der Waals surface area (Å²) < 4.78 is 0. The first kappa shape index (κ1) is 15.3. The molecule has 1 heterocycles. The van der Waals surface area contributed by atoms with Gasteiger partial charge in [0.25, 0.3) is 0 Å². The summed E-state index contributed by atoms with van der Waals surface area (Å²) in [6.07, 6.45) is 8.52. The predicted octanol–water partition coefficient (Wildman–Crippen LogP) is 3.52. The van der Waals surface area contributed by atoms with Crippen LogP contribution in [0.15, 0.2) is 0 Å². The second kappa shape index (κ2) is 7.64. The molecule has 0 aromatic carbocycles. The Morgan fingerprint density at radius 1 is 1.05 bits per heavy atom. The number of nitrogens with one attached hydrogen (secondary N) is 1. The Morgan fingerprint density at radius 2 is 1.79 bits per heavy atom. The van der Waals surface area contributed by atoms with Gasteiger partial charge in [0.15, 0.2) is 0 Å². The van der Waals surface area contributed by atoms with Crippen molar-refractivity contribution in [2.75, 3.05) is 26.2 Å². The van der Waals surface area contributed by atoms with Crippen LogP contribution in [0.5, 0.6) is 0 Å². The smallest absolute Gasteiger partial charge is 0.0108 e. The number of nitrogens with zero attached hydrogens (tertiary/aromatic N) is 1. The zero-order chi connectivity index (χ0) is 13.7. The summed E-state index contributed by atoms with van der Waals surface area (Å²) in [6.45, 7) is 12.2. The SMILES string of the molecule is CCNC1CCC(CC)CC1CN1CCC(C)CC1. The van der Waals surface area contributed by atoms with Gasteiger partial charge in [-0.05, 0) is 69.5 Å². The first-order valence-electron chi connectivity index (χ1n) is 8.68. The van der Waals surface area contributed by atoms with E-state index in [9.17, 15) is 0 Å². The second-order valence-corrected chi connectivity index (χ2v) is 6.99. The fourth-order valence-corrected chi connectivity index (χ4v) is 4.04. The lowest BCUT2D eigenvalue weighted by atomic mass is 9.76. The molecule has 1 aliphatic carbocycles.